The van der Waals surface area contributed by atoms with E-state index in [1.54, 1.807) is 19.1 Å². The molecule has 0 bridgehead atoms. The lowest BCUT2D eigenvalue weighted by Gasteiger charge is -2.19. The lowest BCUT2D eigenvalue weighted by molar-refractivity contribution is -0.175. The second kappa shape index (κ2) is 6.86. The van der Waals surface area contributed by atoms with Gasteiger partial charge >= 0.3 is 6.18 Å². The summed E-state index contributed by atoms with van der Waals surface area (Å²) in [4.78, 5) is 0. The van der Waals surface area contributed by atoms with E-state index in [2.05, 4.69) is 10.1 Å². The van der Waals surface area contributed by atoms with Crippen LogP contribution in [0.2, 0.25) is 0 Å². The van der Waals surface area contributed by atoms with Gasteiger partial charge in [-0.3, -0.25) is 0 Å². The molecule has 1 unspecified atom stereocenters. The van der Waals surface area contributed by atoms with Gasteiger partial charge in [0.2, 0.25) is 0 Å². The Bertz CT molecular complexity index is 406. The summed E-state index contributed by atoms with van der Waals surface area (Å²) >= 11 is 0. The highest BCUT2D eigenvalue weighted by atomic mass is 19.4. The van der Waals surface area contributed by atoms with E-state index in [1.165, 1.54) is 6.07 Å². The van der Waals surface area contributed by atoms with Gasteiger partial charge in [-0.2, -0.15) is 13.2 Å². The summed E-state index contributed by atoms with van der Waals surface area (Å²) in [5.41, 5.74) is 1.07. The first-order valence-electron chi connectivity index (χ1n) is 5.97. The quantitative estimate of drug-likeness (QED) is 0.806. The topological polar surface area (TPSA) is 21.3 Å². The third-order valence-corrected chi connectivity index (χ3v) is 2.60. The van der Waals surface area contributed by atoms with Crippen molar-refractivity contribution >= 4 is 0 Å². The fraction of sp³-hybridized carbons (Fsp3) is 0.538. The van der Waals surface area contributed by atoms with Gasteiger partial charge in [-0.1, -0.05) is 19.1 Å². The number of ether oxygens (including phenoxy) is 1. The predicted molar refractivity (Wildman–Crippen MR) is 64.4 cm³/mol. The maximum atomic E-state index is 13.4. The Morgan fingerprint density at radius 2 is 2.00 bits per heavy atom. The Labute approximate surface area is 109 Å². The third kappa shape index (κ3) is 5.57. The average Bonchev–Trinajstić information content (AvgIpc) is 2.30. The summed E-state index contributed by atoms with van der Waals surface area (Å²) in [6.07, 6.45) is -4.35. The van der Waals surface area contributed by atoms with Crippen molar-refractivity contribution < 1.29 is 22.3 Å². The normalized spacial score (nSPS) is 13.6. The van der Waals surface area contributed by atoms with Crippen LogP contribution in [0.25, 0.3) is 0 Å². The molecule has 0 radical (unpaired) electrons. The Hall–Kier alpha value is -1.14. The number of hydrogen-bond donors (Lipinski definition) is 1. The molecule has 0 saturated carbocycles. The average molecular weight is 279 g/mol. The molecule has 0 saturated heterocycles. The molecule has 1 atom stereocenters. The Morgan fingerprint density at radius 1 is 1.32 bits per heavy atom. The predicted octanol–water partition coefficient (Wildman–Crippen LogP) is 3.36. The number of likely N-dealkylation sites (N-methyl/N-ethyl adjacent to an activating group) is 1. The van der Waals surface area contributed by atoms with Crippen molar-refractivity contribution in [3.63, 3.8) is 0 Å². The van der Waals surface area contributed by atoms with Crippen molar-refractivity contribution in [2.75, 3.05) is 19.8 Å². The van der Waals surface area contributed by atoms with E-state index in [9.17, 15) is 17.6 Å². The minimum absolute atomic E-state index is 0.157. The van der Waals surface area contributed by atoms with E-state index in [-0.39, 0.29) is 12.4 Å². The lowest BCUT2D eigenvalue weighted by Crippen LogP contribution is -2.28. The molecule has 108 valence electrons. The zero-order chi connectivity index (χ0) is 14.5. The van der Waals surface area contributed by atoms with E-state index in [1.807, 2.05) is 6.92 Å². The molecule has 0 fully saturated rings. The molecule has 0 aliphatic heterocycles. The molecule has 1 N–H and O–H groups in total. The minimum Gasteiger partial charge on any atom is -0.370 e. The van der Waals surface area contributed by atoms with Crippen molar-refractivity contribution in [3.8, 4) is 0 Å². The zero-order valence-corrected chi connectivity index (χ0v) is 10.9. The molecule has 2 nitrogen and oxygen atoms in total. The molecule has 0 heterocycles. The summed E-state index contributed by atoms with van der Waals surface area (Å²) in [6.45, 7) is 2.54. The second-order valence-corrected chi connectivity index (χ2v) is 4.25. The molecule has 19 heavy (non-hydrogen) atoms. The van der Waals surface area contributed by atoms with Gasteiger partial charge in [-0.25, -0.2) is 4.39 Å². The van der Waals surface area contributed by atoms with E-state index in [0.717, 1.165) is 0 Å². The summed E-state index contributed by atoms with van der Waals surface area (Å²) in [6, 6.07) is 4.14. The number of aryl methyl sites for hydroxylation is 1. The highest BCUT2D eigenvalue weighted by molar-refractivity contribution is 5.25. The van der Waals surface area contributed by atoms with Crippen LogP contribution in [-0.4, -0.2) is 25.9 Å². The van der Waals surface area contributed by atoms with Crippen LogP contribution in [0.3, 0.4) is 0 Å². The van der Waals surface area contributed by atoms with Crippen LogP contribution in [0, 0.1) is 12.7 Å². The first kappa shape index (κ1) is 15.9. The van der Waals surface area contributed by atoms with Crippen LogP contribution in [0.1, 0.15) is 24.1 Å². The van der Waals surface area contributed by atoms with Gasteiger partial charge in [-0.15, -0.1) is 0 Å². The number of alkyl halides is 3. The van der Waals surface area contributed by atoms with Crippen LogP contribution < -0.4 is 5.32 Å². The summed E-state index contributed by atoms with van der Waals surface area (Å²) in [5, 5.41) is 2.97. The molecule has 1 aromatic carbocycles. The van der Waals surface area contributed by atoms with Crippen molar-refractivity contribution in [1.82, 2.24) is 5.32 Å². The molecule has 0 aromatic heterocycles. The molecule has 1 aromatic rings. The smallest absolute Gasteiger partial charge is 0.370 e. The fourth-order valence-electron chi connectivity index (χ4n) is 1.64. The Morgan fingerprint density at radius 3 is 2.53 bits per heavy atom. The van der Waals surface area contributed by atoms with Crippen molar-refractivity contribution in [2.24, 2.45) is 0 Å². The number of halogens is 4. The Balaban J connectivity index is 2.68. The zero-order valence-electron chi connectivity index (χ0n) is 10.9. The highest BCUT2D eigenvalue weighted by Gasteiger charge is 2.28. The molecule has 0 aliphatic carbocycles. The van der Waals surface area contributed by atoms with Gasteiger partial charge in [-0.05, 0) is 30.7 Å². The van der Waals surface area contributed by atoms with Gasteiger partial charge < -0.3 is 10.1 Å². The van der Waals surface area contributed by atoms with Crippen LogP contribution in [0.4, 0.5) is 17.6 Å². The summed E-state index contributed by atoms with van der Waals surface area (Å²) in [5.74, 6) is -0.378. The summed E-state index contributed by atoms with van der Waals surface area (Å²) < 4.78 is 54.1. The number of benzene rings is 1. The van der Waals surface area contributed by atoms with Crippen molar-refractivity contribution in [2.45, 2.75) is 26.1 Å². The Kier molecular flexibility index (Phi) is 5.75. The van der Waals surface area contributed by atoms with Gasteiger partial charge in [0.25, 0.3) is 0 Å². The van der Waals surface area contributed by atoms with Crippen molar-refractivity contribution in [1.29, 1.82) is 0 Å². The molecular weight excluding hydrogens is 262 g/mol. The van der Waals surface area contributed by atoms with E-state index < -0.39 is 18.8 Å². The maximum Gasteiger partial charge on any atom is 0.411 e. The molecule has 1 rings (SSSR count). The number of hydrogen-bond acceptors (Lipinski definition) is 2. The second-order valence-electron chi connectivity index (χ2n) is 4.25. The van der Waals surface area contributed by atoms with Gasteiger partial charge in [0, 0.05) is 0 Å². The standard InChI is InChI=1S/C13H17F4NO/c1-3-18-12(7-19-8-13(15,16)17)10-5-4-9(2)11(14)6-10/h4-6,12,18H,3,7-8H2,1-2H3. The van der Waals surface area contributed by atoms with Gasteiger partial charge in [0.05, 0.1) is 12.6 Å². The lowest BCUT2D eigenvalue weighted by atomic mass is 10.1. The number of rotatable bonds is 6. The molecule has 0 aliphatic rings. The fourth-order valence-corrected chi connectivity index (χ4v) is 1.64. The van der Waals surface area contributed by atoms with E-state index in [0.29, 0.717) is 17.7 Å². The van der Waals surface area contributed by atoms with E-state index >= 15 is 0 Å². The molecule has 6 heteroatoms. The first-order valence-corrected chi connectivity index (χ1v) is 5.97. The van der Waals surface area contributed by atoms with Crippen LogP contribution in [0.5, 0.6) is 0 Å². The van der Waals surface area contributed by atoms with Gasteiger partial charge in [0.1, 0.15) is 12.4 Å². The van der Waals surface area contributed by atoms with Gasteiger partial charge in [0.15, 0.2) is 0 Å². The highest BCUT2D eigenvalue weighted by Crippen LogP contribution is 2.19. The first-order chi connectivity index (χ1) is 8.83. The molecular formula is C13H17F4NO. The van der Waals surface area contributed by atoms with Crippen LogP contribution in [-0.2, 0) is 4.74 Å². The van der Waals surface area contributed by atoms with Crippen LogP contribution >= 0.6 is 0 Å². The summed E-state index contributed by atoms with van der Waals surface area (Å²) in [7, 11) is 0. The number of nitrogens with one attached hydrogen (secondary N) is 1. The largest absolute Gasteiger partial charge is 0.411 e. The van der Waals surface area contributed by atoms with Crippen LogP contribution in [0.15, 0.2) is 18.2 Å². The maximum absolute atomic E-state index is 13.4. The molecule has 0 spiro atoms. The molecule has 0 amide bonds. The SMILES string of the molecule is CCNC(COCC(F)(F)F)c1ccc(C)c(F)c1. The van der Waals surface area contributed by atoms with Crippen molar-refractivity contribution in [3.05, 3.63) is 35.1 Å². The third-order valence-electron chi connectivity index (χ3n) is 2.60. The van der Waals surface area contributed by atoms with E-state index in [4.69, 9.17) is 0 Å². The monoisotopic (exact) mass is 279 g/mol. The minimum atomic E-state index is -4.35.